The molecule has 8 nitrogen and oxygen atoms in total. The van der Waals surface area contributed by atoms with Crippen molar-refractivity contribution < 1.29 is 9.47 Å². The third kappa shape index (κ3) is 4.38. The van der Waals surface area contributed by atoms with Gasteiger partial charge in [0.15, 0.2) is 22.8 Å². The fourth-order valence-electron chi connectivity index (χ4n) is 3.75. The zero-order valence-electron chi connectivity index (χ0n) is 17.7. The number of hydrogen-bond donors (Lipinski definition) is 1. The number of fused-ring (bicyclic) bond motifs is 1. The summed E-state index contributed by atoms with van der Waals surface area (Å²) in [6.07, 6.45) is 5.56. The second kappa shape index (κ2) is 9.52. The summed E-state index contributed by atoms with van der Waals surface area (Å²) in [5.41, 5.74) is 1.75. The van der Waals surface area contributed by atoms with Gasteiger partial charge in [-0.05, 0) is 26.7 Å². The number of nitrogens with one attached hydrogen (secondary N) is 1. The van der Waals surface area contributed by atoms with Crippen LogP contribution >= 0.6 is 0 Å². The number of rotatable bonds is 10. The van der Waals surface area contributed by atoms with Gasteiger partial charge in [0.1, 0.15) is 0 Å². The number of piperidine rings is 1. The number of aryl methyl sites for hydroxylation is 1. The van der Waals surface area contributed by atoms with Crippen LogP contribution in [0.15, 0.2) is 6.33 Å². The smallest absolute Gasteiger partial charge is 0.229 e. The van der Waals surface area contributed by atoms with E-state index in [1.54, 1.807) is 0 Å². The summed E-state index contributed by atoms with van der Waals surface area (Å²) in [6.45, 7) is 13.0. The van der Waals surface area contributed by atoms with Gasteiger partial charge in [-0.3, -0.25) is 0 Å². The van der Waals surface area contributed by atoms with E-state index in [0.717, 1.165) is 74.8 Å². The van der Waals surface area contributed by atoms with Crippen LogP contribution in [0, 0.1) is 0 Å². The highest BCUT2D eigenvalue weighted by atomic mass is 16.7. The summed E-state index contributed by atoms with van der Waals surface area (Å²) >= 11 is 0. The molecule has 1 N–H and O–H groups in total. The van der Waals surface area contributed by atoms with Crippen molar-refractivity contribution in [3.05, 3.63) is 6.33 Å². The van der Waals surface area contributed by atoms with E-state index in [1.165, 1.54) is 0 Å². The molecular formula is C20H34N6O2. The van der Waals surface area contributed by atoms with Crippen molar-refractivity contribution in [2.24, 2.45) is 0 Å². The summed E-state index contributed by atoms with van der Waals surface area (Å²) in [4.78, 5) is 16.5. The predicted octanol–water partition coefficient (Wildman–Crippen LogP) is 3.43. The molecule has 1 aliphatic heterocycles. The minimum absolute atomic E-state index is 0.475. The van der Waals surface area contributed by atoms with Gasteiger partial charge in [0, 0.05) is 52.2 Å². The van der Waals surface area contributed by atoms with Gasteiger partial charge in [-0.1, -0.05) is 13.8 Å². The maximum atomic E-state index is 5.96. The van der Waals surface area contributed by atoms with Crippen LogP contribution in [-0.4, -0.2) is 58.2 Å². The summed E-state index contributed by atoms with van der Waals surface area (Å²) < 4.78 is 14.0. The Kier molecular flexibility index (Phi) is 7.07. The minimum Gasteiger partial charge on any atom is -0.368 e. The second-order valence-corrected chi connectivity index (χ2v) is 7.17. The third-order valence-corrected chi connectivity index (χ3v) is 5.08. The molecule has 0 unspecified atom stereocenters. The first kappa shape index (κ1) is 20.8. The Bertz CT molecular complexity index is 746. The number of anilines is 2. The molecule has 0 aliphatic carbocycles. The molecule has 2 aromatic rings. The topological polar surface area (TPSA) is 77.3 Å². The van der Waals surface area contributed by atoms with Gasteiger partial charge in [0.2, 0.25) is 5.95 Å². The molecule has 0 saturated carbocycles. The molecule has 1 saturated heterocycles. The maximum Gasteiger partial charge on any atom is 0.229 e. The van der Waals surface area contributed by atoms with Gasteiger partial charge >= 0.3 is 0 Å². The lowest BCUT2D eigenvalue weighted by Gasteiger charge is -2.41. The van der Waals surface area contributed by atoms with Crippen molar-refractivity contribution in [3.63, 3.8) is 0 Å². The summed E-state index contributed by atoms with van der Waals surface area (Å²) in [5.74, 6) is 1.10. The Balaban J connectivity index is 1.87. The van der Waals surface area contributed by atoms with E-state index < -0.39 is 5.79 Å². The van der Waals surface area contributed by atoms with E-state index in [4.69, 9.17) is 19.4 Å². The first-order valence-corrected chi connectivity index (χ1v) is 10.7. The molecule has 0 spiro atoms. The molecule has 156 valence electrons. The molecule has 0 amide bonds. The van der Waals surface area contributed by atoms with E-state index in [2.05, 4.69) is 33.6 Å². The van der Waals surface area contributed by atoms with Gasteiger partial charge in [-0.15, -0.1) is 0 Å². The monoisotopic (exact) mass is 390 g/mol. The van der Waals surface area contributed by atoms with Crippen LogP contribution in [0.3, 0.4) is 0 Å². The molecule has 0 radical (unpaired) electrons. The van der Waals surface area contributed by atoms with E-state index in [-0.39, 0.29) is 0 Å². The third-order valence-electron chi connectivity index (χ3n) is 5.08. The molecule has 8 heteroatoms. The highest BCUT2D eigenvalue weighted by Gasteiger charge is 2.37. The van der Waals surface area contributed by atoms with Crippen LogP contribution in [0.1, 0.15) is 53.4 Å². The highest BCUT2D eigenvalue weighted by molar-refractivity contribution is 5.84. The van der Waals surface area contributed by atoms with E-state index >= 15 is 0 Å². The van der Waals surface area contributed by atoms with Crippen LogP contribution in [0.5, 0.6) is 0 Å². The minimum atomic E-state index is -0.475. The van der Waals surface area contributed by atoms with E-state index in [0.29, 0.717) is 13.2 Å². The van der Waals surface area contributed by atoms with Crippen molar-refractivity contribution in [3.8, 4) is 0 Å². The first-order valence-electron chi connectivity index (χ1n) is 10.7. The number of imidazole rings is 1. The van der Waals surface area contributed by atoms with Crippen molar-refractivity contribution >= 4 is 22.9 Å². The van der Waals surface area contributed by atoms with E-state index in [1.807, 2.05) is 20.2 Å². The normalized spacial score (nSPS) is 16.6. The first-order chi connectivity index (χ1) is 13.7. The van der Waals surface area contributed by atoms with Gasteiger partial charge in [0.05, 0.1) is 6.33 Å². The Morgan fingerprint density at radius 1 is 1.04 bits per heavy atom. The van der Waals surface area contributed by atoms with Gasteiger partial charge in [-0.2, -0.15) is 9.97 Å². The van der Waals surface area contributed by atoms with Crippen molar-refractivity contribution in [2.45, 2.75) is 65.7 Å². The number of aromatic nitrogens is 4. The predicted molar refractivity (Wildman–Crippen MR) is 112 cm³/mol. The van der Waals surface area contributed by atoms with Gasteiger partial charge in [0.25, 0.3) is 0 Å². The average Bonchev–Trinajstić information content (AvgIpc) is 3.10. The average molecular weight is 391 g/mol. The summed E-state index contributed by atoms with van der Waals surface area (Å²) in [5, 5.41) is 3.43. The van der Waals surface area contributed by atoms with Gasteiger partial charge < -0.3 is 24.3 Å². The summed E-state index contributed by atoms with van der Waals surface area (Å²) in [7, 11) is 0. The fourth-order valence-corrected chi connectivity index (χ4v) is 3.75. The second-order valence-electron chi connectivity index (χ2n) is 7.17. The number of hydrogen-bond acceptors (Lipinski definition) is 7. The lowest BCUT2D eigenvalue weighted by molar-refractivity contribution is -0.242. The Morgan fingerprint density at radius 2 is 1.75 bits per heavy atom. The number of nitrogens with zero attached hydrogens (tertiary/aromatic N) is 5. The molecule has 0 atom stereocenters. The number of ether oxygens (including phenoxy) is 2. The largest absolute Gasteiger partial charge is 0.368 e. The molecule has 3 rings (SSSR count). The maximum absolute atomic E-state index is 5.96. The SMILES string of the molecule is CCCNc1nc(N2CCC(OCC)(OCC)CC2)nc2c1ncn2CCC. The van der Waals surface area contributed by atoms with Crippen LogP contribution in [0.25, 0.3) is 11.2 Å². The van der Waals surface area contributed by atoms with Crippen molar-refractivity contribution in [2.75, 3.05) is 43.1 Å². The fraction of sp³-hybridized carbons (Fsp3) is 0.750. The Morgan fingerprint density at radius 3 is 2.36 bits per heavy atom. The molecule has 0 bridgehead atoms. The van der Waals surface area contributed by atoms with Crippen LogP contribution in [0.2, 0.25) is 0 Å². The van der Waals surface area contributed by atoms with Crippen LogP contribution < -0.4 is 10.2 Å². The zero-order valence-corrected chi connectivity index (χ0v) is 17.7. The van der Waals surface area contributed by atoms with Crippen molar-refractivity contribution in [1.29, 1.82) is 0 Å². The lowest BCUT2D eigenvalue weighted by Crippen LogP contribution is -2.48. The van der Waals surface area contributed by atoms with Crippen LogP contribution in [0.4, 0.5) is 11.8 Å². The molecule has 1 aliphatic rings. The summed E-state index contributed by atoms with van der Waals surface area (Å²) in [6, 6.07) is 0. The molecular weight excluding hydrogens is 356 g/mol. The molecule has 3 heterocycles. The quantitative estimate of drug-likeness (QED) is 0.623. The van der Waals surface area contributed by atoms with Crippen LogP contribution in [-0.2, 0) is 16.0 Å². The van der Waals surface area contributed by atoms with E-state index in [9.17, 15) is 0 Å². The highest BCUT2D eigenvalue weighted by Crippen LogP contribution is 2.31. The standard InChI is InChI=1S/C20H34N6O2/c1-5-11-21-17-16-18(26(12-6-2)15-22-16)24-19(23-17)25-13-9-20(10-14-25,27-7-3)28-8-4/h15H,5-14H2,1-4H3,(H,21,23,24). The lowest BCUT2D eigenvalue weighted by atomic mass is 10.0. The Hall–Kier alpha value is -1.93. The Labute approximate surface area is 167 Å². The molecule has 0 aromatic carbocycles. The van der Waals surface area contributed by atoms with Crippen molar-refractivity contribution in [1.82, 2.24) is 19.5 Å². The molecule has 28 heavy (non-hydrogen) atoms. The van der Waals surface area contributed by atoms with Gasteiger partial charge in [-0.25, -0.2) is 4.98 Å². The molecule has 1 fully saturated rings. The zero-order chi connectivity index (χ0) is 20.0. The molecule has 2 aromatic heterocycles.